The van der Waals surface area contributed by atoms with Crippen LogP contribution in [-0.2, 0) is 4.79 Å². The molecule has 34 heavy (non-hydrogen) atoms. The molecule has 2 aromatic heterocycles. The van der Waals surface area contributed by atoms with Crippen LogP contribution in [0, 0.1) is 0 Å². The fourth-order valence-electron chi connectivity index (χ4n) is 4.33. The number of hydrogen-bond donors (Lipinski definition) is 2. The molecule has 0 aliphatic carbocycles. The highest BCUT2D eigenvalue weighted by molar-refractivity contribution is 5.89. The van der Waals surface area contributed by atoms with Crippen molar-refractivity contribution in [2.24, 2.45) is 0 Å². The molecule has 1 aliphatic rings. The molecule has 8 heteroatoms. The summed E-state index contributed by atoms with van der Waals surface area (Å²) >= 11 is 0. The van der Waals surface area contributed by atoms with Gasteiger partial charge >= 0.3 is 0 Å². The Hall–Kier alpha value is -4.46. The molecule has 1 aliphatic heterocycles. The largest absolute Gasteiger partial charge is 0.441 e. The molecule has 8 nitrogen and oxygen atoms in total. The number of nitrogens with zero attached hydrogens (tertiary/aromatic N) is 3. The number of nitrogen functional groups attached to an aromatic ring is 1. The van der Waals surface area contributed by atoms with Crippen LogP contribution in [0.5, 0.6) is 11.6 Å². The fourth-order valence-corrected chi connectivity index (χ4v) is 4.33. The highest BCUT2D eigenvalue weighted by Gasteiger charge is 2.28. The van der Waals surface area contributed by atoms with Crippen molar-refractivity contribution in [1.29, 1.82) is 0 Å². The standard InChI is InChI=1S/C26H23N5O3/c1-2-24(33)31-10-8-17(15-31)22-12-18(11-19-14-29-26(27)30-25(19)22)16-3-5-21(6-4-16)34-23-13-20(32)7-9-28-23/h2-7,9,11-14,17H,1,8,10,15H2,(H,28,32)(H2,27,29,30). The van der Waals surface area contributed by atoms with E-state index in [0.29, 0.717) is 24.7 Å². The van der Waals surface area contributed by atoms with E-state index in [1.807, 2.05) is 30.3 Å². The molecule has 1 fully saturated rings. The lowest BCUT2D eigenvalue weighted by Crippen LogP contribution is -2.26. The first-order chi connectivity index (χ1) is 16.5. The molecular weight excluding hydrogens is 430 g/mol. The fraction of sp³-hybridized carbons (Fsp3) is 0.154. The Morgan fingerprint density at radius 3 is 2.76 bits per heavy atom. The summed E-state index contributed by atoms with van der Waals surface area (Å²) in [6.45, 7) is 4.88. The number of fused-ring (bicyclic) bond motifs is 1. The minimum absolute atomic E-state index is 0.0625. The van der Waals surface area contributed by atoms with E-state index < -0.39 is 0 Å². The smallest absolute Gasteiger partial charge is 0.245 e. The van der Waals surface area contributed by atoms with Gasteiger partial charge < -0.3 is 20.4 Å². The van der Waals surface area contributed by atoms with Crippen molar-refractivity contribution in [3.05, 3.63) is 89.4 Å². The lowest BCUT2D eigenvalue weighted by Gasteiger charge is -2.17. The first-order valence-electron chi connectivity index (χ1n) is 10.9. The zero-order valence-corrected chi connectivity index (χ0v) is 18.4. The Morgan fingerprint density at radius 1 is 1.18 bits per heavy atom. The molecule has 2 aromatic carbocycles. The number of pyridine rings is 1. The molecule has 0 spiro atoms. The van der Waals surface area contributed by atoms with Crippen LogP contribution in [-0.4, -0.2) is 38.8 Å². The number of likely N-dealkylation sites (tertiary alicyclic amines) is 1. The Labute approximate surface area is 195 Å². The van der Waals surface area contributed by atoms with Gasteiger partial charge in [0.1, 0.15) is 5.75 Å². The minimum Gasteiger partial charge on any atom is -0.441 e. The van der Waals surface area contributed by atoms with Gasteiger partial charge in [-0.25, -0.2) is 9.97 Å². The Bertz CT molecular complexity index is 1450. The minimum atomic E-state index is -0.128. The summed E-state index contributed by atoms with van der Waals surface area (Å²) in [7, 11) is 0. The van der Waals surface area contributed by atoms with E-state index in [4.69, 9.17) is 10.5 Å². The van der Waals surface area contributed by atoms with Crippen molar-refractivity contribution < 1.29 is 9.53 Å². The van der Waals surface area contributed by atoms with Gasteiger partial charge in [0.2, 0.25) is 17.7 Å². The van der Waals surface area contributed by atoms with E-state index in [9.17, 15) is 9.59 Å². The van der Waals surface area contributed by atoms with Gasteiger partial charge in [0, 0.05) is 48.9 Å². The lowest BCUT2D eigenvalue weighted by molar-refractivity contribution is -0.125. The van der Waals surface area contributed by atoms with E-state index in [2.05, 4.69) is 27.6 Å². The zero-order valence-electron chi connectivity index (χ0n) is 18.4. The lowest BCUT2D eigenvalue weighted by atomic mass is 9.92. The number of carbonyl (C=O) groups is 1. The zero-order chi connectivity index (χ0) is 23.7. The number of benzene rings is 2. The van der Waals surface area contributed by atoms with Gasteiger partial charge in [-0.1, -0.05) is 18.7 Å². The monoisotopic (exact) mass is 453 g/mol. The molecule has 0 radical (unpaired) electrons. The summed E-state index contributed by atoms with van der Waals surface area (Å²) in [5.74, 6) is 1.28. The highest BCUT2D eigenvalue weighted by Crippen LogP contribution is 2.36. The van der Waals surface area contributed by atoms with Gasteiger partial charge in [-0.3, -0.25) is 9.59 Å². The Kier molecular flexibility index (Phi) is 5.55. The quantitative estimate of drug-likeness (QED) is 0.444. The number of carbonyl (C=O) groups excluding carboxylic acids is 1. The number of ether oxygens (including phenoxy) is 1. The number of nitrogens with two attached hydrogens (primary N) is 1. The van der Waals surface area contributed by atoms with Crippen LogP contribution in [0.2, 0.25) is 0 Å². The maximum absolute atomic E-state index is 12.1. The predicted molar refractivity (Wildman–Crippen MR) is 131 cm³/mol. The van der Waals surface area contributed by atoms with Crippen molar-refractivity contribution >= 4 is 22.8 Å². The van der Waals surface area contributed by atoms with Crippen LogP contribution in [0.4, 0.5) is 5.95 Å². The number of aromatic amines is 1. The maximum Gasteiger partial charge on any atom is 0.245 e. The number of rotatable bonds is 5. The van der Waals surface area contributed by atoms with Gasteiger partial charge in [0.05, 0.1) is 5.52 Å². The van der Waals surface area contributed by atoms with E-state index in [0.717, 1.165) is 34.0 Å². The van der Waals surface area contributed by atoms with Gasteiger partial charge in [-0.15, -0.1) is 0 Å². The first kappa shape index (κ1) is 21.4. The second kappa shape index (κ2) is 8.82. The number of H-pyrrole nitrogens is 1. The molecule has 4 aromatic rings. The topological polar surface area (TPSA) is 114 Å². The Balaban J connectivity index is 1.49. The summed E-state index contributed by atoms with van der Waals surface area (Å²) in [6, 6.07) is 14.6. The average molecular weight is 454 g/mol. The average Bonchev–Trinajstić information content (AvgIpc) is 3.34. The van der Waals surface area contributed by atoms with Crippen molar-refractivity contribution in [2.45, 2.75) is 12.3 Å². The second-order valence-corrected chi connectivity index (χ2v) is 8.22. The summed E-state index contributed by atoms with van der Waals surface area (Å²) < 4.78 is 5.75. The molecule has 170 valence electrons. The van der Waals surface area contributed by atoms with Gasteiger partial charge in [0.15, 0.2) is 5.43 Å². The summed E-state index contributed by atoms with van der Waals surface area (Å²) in [5, 5.41) is 0.886. The summed E-state index contributed by atoms with van der Waals surface area (Å²) in [4.78, 5) is 37.0. The van der Waals surface area contributed by atoms with Crippen LogP contribution in [0.15, 0.2) is 78.4 Å². The van der Waals surface area contributed by atoms with Crippen LogP contribution >= 0.6 is 0 Å². The van der Waals surface area contributed by atoms with Gasteiger partial charge in [-0.2, -0.15) is 0 Å². The van der Waals surface area contributed by atoms with E-state index in [-0.39, 0.29) is 23.2 Å². The molecular formula is C26H23N5O3. The van der Waals surface area contributed by atoms with Gasteiger partial charge in [0.25, 0.3) is 0 Å². The number of aromatic nitrogens is 3. The molecule has 1 atom stereocenters. The summed E-state index contributed by atoms with van der Waals surface area (Å²) in [6.07, 6.45) is 5.47. The molecule has 5 rings (SSSR count). The number of hydrogen-bond acceptors (Lipinski definition) is 6. The van der Waals surface area contributed by atoms with Crippen LogP contribution in [0.3, 0.4) is 0 Å². The van der Waals surface area contributed by atoms with Gasteiger partial charge in [-0.05, 0) is 53.5 Å². The van der Waals surface area contributed by atoms with E-state index in [1.165, 1.54) is 18.2 Å². The molecule has 3 N–H and O–H groups in total. The van der Waals surface area contributed by atoms with Crippen LogP contribution in [0.1, 0.15) is 17.9 Å². The number of anilines is 1. The molecule has 1 unspecified atom stereocenters. The number of amides is 1. The third kappa shape index (κ3) is 4.25. The third-order valence-electron chi connectivity index (χ3n) is 6.01. The van der Waals surface area contributed by atoms with Crippen LogP contribution in [0.25, 0.3) is 22.0 Å². The highest BCUT2D eigenvalue weighted by atomic mass is 16.5. The SMILES string of the molecule is C=CC(=O)N1CCC(c2cc(-c3ccc(Oc4cc(=O)cc[nH]4)cc3)cc3cnc(N)nc23)C1. The molecule has 3 heterocycles. The summed E-state index contributed by atoms with van der Waals surface area (Å²) in [5.41, 5.74) is 9.61. The van der Waals surface area contributed by atoms with Crippen molar-refractivity contribution in [1.82, 2.24) is 19.9 Å². The normalized spacial score (nSPS) is 15.4. The maximum atomic E-state index is 12.1. The molecule has 1 amide bonds. The van der Waals surface area contributed by atoms with Crippen molar-refractivity contribution in [2.75, 3.05) is 18.8 Å². The van der Waals surface area contributed by atoms with E-state index >= 15 is 0 Å². The Morgan fingerprint density at radius 2 is 2.00 bits per heavy atom. The second-order valence-electron chi connectivity index (χ2n) is 8.22. The molecule has 0 bridgehead atoms. The molecule has 0 saturated carbocycles. The first-order valence-corrected chi connectivity index (χ1v) is 10.9. The predicted octanol–water partition coefficient (Wildman–Crippen LogP) is 3.86. The van der Waals surface area contributed by atoms with Crippen molar-refractivity contribution in [3.8, 4) is 22.8 Å². The van der Waals surface area contributed by atoms with E-state index in [1.54, 1.807) is 17.3 Å². The van der Waals surface area contributed by atoms with Crippen molar-refractivity contribution in [3.63, 3.8) is 0 Å². The number of nitrogens with one attached hydrogen (secondary N) is 1. The third-order valence-corrected chi connectivity index (χ3v) is 6.01. The molecule has 1 saturated heterocycles. The van der Waals surface area contributed by atoms with Crippen LogP contribution < -0.4 is 15.9 Å².